The van der Waals surface area contributed by atoms with Gasteiger partial charge in [0.25, 0.3) is 0 Å². The van der Waals surface area contributed by atoms with Crippen molar-refractivity contribution in [1.82, 2.24) is 15.2 Å². The van der Waals surface area contributed by atoms with E-state index in [0.717, 1.165) is 11.0 Å². The first-order valence-corrected chi connectivity index (χ1v) is 4.79. The number of H-pyrrole nitrogens is 1. The molecule has 0 saturated heterocycles. The number of aromatic amines is 1. The lowest BCUT2D eigenvalue weighted by Crippen LogP contribution is -2.26. The molecule has 68 valence electrons. The third-order valence-corrected chi connectivity index (χ3v) is 2.80. The van der Waals surface area contributed by atoms with E-state index >= 15 is 0 Å². The van der Waals surface area contributed by atoms with Crippen LogP contribution in [0.4, 0.5) is 0 Å². The summed E-state index contributed by atoms with van der Waals surface area (Å²) in [4.78, 5) is 4.17. The van der Waals surface area contributed by atoms with Crippen LogP contribution >= 0.6 is 11.8 Å². The highest BCUT2D eigenvalue weighted by Gasteiger charge is 2.11. The molecule has 0 bridgehead atoms. The zero-order valence-corrected chi connectivity index (χ0v) is 8.35. The number of aryl methyl sites for hydroxylation is 1. The van der Waals surface area contributed by atoms with Crippen LogP contribution in [-0.4, -0.2) is 26.5 Å². The Hall–Kier alpha value is -0.550. The van der Waals surface area contributed by atoms with E-state index in [4.69, 9.17) is 5.73 Å². The molecule has 5 heteroatoms. The van der Waals surface area contributed by atoms with E-state index in [1.54, 1.807) is 11.8 Å². The maximum absolute atomic E-state index is 5.70. The molecule has 2 unspecified atom stereocenters. The van der Waals surface area contributed by atoms with Crippen molar-refractivity contribution in [1.29, 1.82) is 0 Å². The van der Waals surface area contributed by atoms with Gasteiger partial charge in [-0.3, -0.25) is 5.10 Å². The standard InChI is InChI=1S/C7H14N4S/c1-4(8)5(2)12-7-9-6(3)10-11-7/h4-5H,8H2,1-3H3,(H,9,10,11). The number of thioether (sulfide) groups is 1. The van der Waals surface area contributed by atoms with Crippen molar-refractivity contribution >= 4 is 11.8 Å². The Morgan fingerprint density at radius 1 is 1.50 bits per heavy atom. The molecule has 0 spiro atoms. The minimum absolute atomic E-state index is 0.161. The highest BCUT2D eigenvalue weighted by atomic mass is 32.2. The fourth-order valence-corrected chi connectivity index (χ4v) is 1.48. The van der Waals surface area contributed by atoms with E-state index < -0.39 is 0 Å². The van der Waals surface area contributed by atoms with Crippen LogP contribution in [0.15, 0.2) is 5.16 Å². The minimum atomic E-state index is 0.161. The second-order valence-corrected chi connectivity index (χ2v) is 4.23. The summed E-state index contributed by atoms with van der Waals surface area (Å²) < 4.78 is 0. The molecular formula is C7H14N4S. The predicted molar refractivity (Wildman–Crippen MR) is 50.1 cm³/mol. The van der Waals surface area contributed by atoms with Gasteiger partial charge in [-0.05, 0) is 13.8 Å². The van der Waals surface area contributed by atoms with E-state index in [9.17, 15) is 0 Å². The van der Waals surface area contributed by atoms with Crippen molar-refractivity contribution in [3.05, 3.63) is 5.82 Å². The highest BCUT2D eigenvalue weighted by Crippen LogP contribution is 2.20. The Morgan fingerprint density at radius 3 is 2.58 bits per heavy atom. The number of hydrogen-bond acceptors (Lipinski definition) is 4. The van der Waals surface area contributed by atoms with Gasteiger partial charge in [-0.15, -0.1) is 5.10 Å². The van der Waals surface area contributed by atoms with Gasteiger partial charge in [0.05, 0.1) is 0 Å². The van der Waals surface area contributed by atoms with Crippen molar-refractivity contribution < 1.29 is 0 Å². The molecule has 2 atom stereocenters. The van der Waals surface area contributed by atoms with E-state index in [-0.39, 0.29) is 6.04 Å². The number of rotatable bonds is 3. The Labute approximate surface area is 76.3 Å². The Morgan fingerprint density at radius 2 is 2.17 bits per heavy atom. The molecule has 1 aromatic heterocycles. The monoisotopic (exact) mass is 186 g/mol. The average molecular weight is 186 g/mol. The Kier molecular flexibility index (Phi) is 3.11. The summed E-state index contributed by atoms with van der Waals surface area (Å²) in [6, 6.07) is 0.161. The van der Waals surface area contributed by atoms with Gasteiger partial charge in [-0.2, -0.15) is 0 Å². The molecule has 0 aliphatic heterocycles. The molecule has 1 aromatic rings. The quantitative estimate of drug-likeness (QED) is 0.689. The van der Waals surface area contributed by atoms with Crippen LogP contribution in [0.3, 0.4) is 0 Å². The molecule has 0 aliphatic rings. The SMILES string of the molecule is Cc1nc(SC(C)C(C)N)n[nH]1. The van der Waals surface area contributed by atoms with Crippen LogP contribution in [0.2, 0.25) is 0 Å². The van der Waals surface area contributed by atoms with Crippen molar-refractivity contribution in [2.24, 2.45) is 5.73 Å². The molecular weight excluding hydrogens is 172 g/mol. The number of aromatic nitrogens is 3. The summed E-state index contributed by atoms with van der Waals surface area (Å²) in [5.41, 5.74) is 5.70. The molecule has 0 amide bonds. The first-order valence-electron chi connectivity index (χ1n) is 3.91. The lowest BCUT2D eigenvalue weighted by molar-refractivity contribution is 0.727. The first-order chi connectivity index (χ1) is 5.59. The van der Waals surface area contributed by atoms with E-state index in [0.29, 0.717) is 5.25 Å². The highest BCUT2D eigenvalue weighted by molar-refractivity contribution is 7.99. The largest absolute Gasteiger partial charge is 0.327 e. The van der Waals surface area contributed by atoms with Crippen LogP contribution in [0.5, 0.6) is 0 Å². The molecule has 1 heterocycles. The molecule has 4 nitrogen and oxygen atoms in total. The maximum atomic E-state index is 5.70. The normalized spacial score (nSPS) is 16.0. The van der Waals surface area contributed by atoms with Crippen molar-refractivity contribution in [2.75, 3.05) is 0 Å². The topological polar surface area (TPSA) is 67.6 Å². The summed E-state index contributed by atoms with van der Waals surface area (Å²) in [5, 5.41) is 7.92. The first kappa shape index (κ1) is 9.54. The van der Waals surface area contributed by atoms with Crippen molar-refractivity contribution in [2.45, 2.75) is 37.2 Å². The molecule has 0 aliphatic carbocycles. The smallest absolute Gasteiger partial charge is 0.208 e. The summed E-state index contributed by atoms with van der Waals surface area (Å²) >= 11 is 1.59. The second-order valence-electron chi connectivity index (χ2n) is 2.89. The van der Waals surface area contributed by atoms with Crippen molar-refractivity contribution in [3.8, 4) is 0 Å². The molecule has 0 aromatic carbocycles. The molecule has 3 N–H and O–H groups in total. The summed E-state index contributed by atoms with van der Waals surface area (Å²) in [6.45, 7) is 5.94. The summed E-state index contributed by atoms with van der Waals surface area (Å²) in [5.74, 6) is 0.842. The summed E-state index contributed by atoms with van der Waals surface area (Å²) in [7, 11) is 0. The van der Waals surface area contributed by atoms with E-state index in [1.165, 1.54) is 0 Å². The number of nitrogens with one attached hydrogen (secondary N) is 1. The zero-order valence-electron chi connectivity index (χ0n) is 7.53. The molecule has 0 radical (unpaired) electrons. The van der Waals surface area contributed by atoms with Crippen LogP contribution < -0.4 is 5.73 Å². The predicted octanol–water partition coefficient (Wildman–Crippen LogP) is 0.941. The van der Waals surface area contributed by atoms with Gasteiger partial charge >= 0.3 is 0 Å². The van der Waals surface area contributed by atoms with Gasteiger partial charge in [0.2, 0.25) is 5.16 Å². The lowest BCUT2D eigenvalue weighted by atomic mass is 10.3. The van der Waals surface area contributed by atoms with E-state index in [1.807, 2.05) is 13.8 Å². The fourth-order valence-electron chi connectivity index (χ4n) is 0.648. The van der Waals surface area contributed by atoms with Crippen LogP contribution in [0.25, 0.3) is 0 Å². The Balaban J connectivity index is 2.52. The number of nitrogens with zero attached hydrogens (tertiary/aromatic N) is 2. The third-order valence-electron chi connectivity index (χ3n) is 1.61. The lowest BCUT2D eigenvalue weighted by Gasteiger charge is -2.11. The van der Waals surface area contributed by atoms with Crippen molar-refractivity contribution in [3.63, 3.8) is 0 Å². The Bertz CT molecular complexity index is 245. The third kappa shape index (κ3) is 2.49. The number of nitrogens with two attached hydrogens (primary N) is 1. The molecule has 12 heavy (non-hydrogen) atoms. The van der Waals surface area contributed by atoms with Crippen LogP contribution in [-0.2, 0) is 0 Å². The van der Waals surface area contributed by atoms with Gasteiger partial charge in [0.15, 0.2) is 0 Å². The molecule has 1 rings (SSSR count). The summed E-state index contributed by atoms with van der Waals surface area (Å²) in [6.07, 6.45) is 0. The van der Waals surface area contributed by atoms with Crippen LogP contribution in [0.1, 0.15) is 19.7 Å². The van der Waals surface area contributed by atoms with Gasteiger partial charge < -0.3 is 5.73 Å². The van der Waals surface area contributed by atoms with Gasteiger partial charge in [-0.1, -0.05) is 18.7 Å². The van der Waals surface area contributed by atoms with Gasteiger partial charge in [0.1, 0.15) is 5.82 Å². The maximum Gasteiger partial charge on any atom is 0.208 e. The minimum Gasteiger partial charge on any atom is -0.327 e. The van der Waals surface area contributed by atoms with Gasteiger partial charge in [0, 0.05) is 11.3 Å². The molecule has 0 saturated carbocycles. The van der Waals surface area contributed by atoms with Gasteiger partial charge in [-0.25, -0.2) is 4.98 Å². The van der Waals surface area contributed by atoms with Crippen LogP contribution in [0, 0.1) is 6.92 Å². The van der Waals surface area contributed by atoms with E-state index in [2.05, 4.69) is 22.1 Å². The average Bonchev–Trinajstić information content (AvgIpc) is 2.35. The second kappa shape index (κ2) is 3.91. The fraction of sp³-hybridized carbons (Fsp3) is 0.714. The molecule has 0 fully saturated rings. The zero-order chi connectivity index (χ0) is 9.14. The number of hydrogen-bond donors (Lipinski definition) is 2.